The Morgan fingerprint density at radius 1 is 1.41 bits per heavy atom. The number of hydrogen-bond acceptors (Lipinski definition) is 7. The van der Waals surface area contributed by atoms with Crippen molar-refractivity contribution in [2.24, 2.45) is 5.84 Å². The van der Waals surface area contributed by atoms with Crippen LogP contribution >= 0.6 is 0 Å². The minimum atomic E-state index is -0.303. The average Bonchev–Trinajstić information content (AvgIpc) is 2.57. The van der Waals surface area contributed by atoms with E-state index in [-0.39, 0.29) is 23.8 Å². The van der Waals surface area contributed by atoms with Gasteiger partial charge in [0.15, 0.2) is 6.29 Å². The number of nitrogen functional groups attached to an aromatic ring is 1. The molecule has 0 saturated heterocycles. The van der Waals surface area contributed by atoms with E-state index in [1.807, 2.05) is 5.43 Å². The monoisotopic (exact) mass is 304 g/mol. The Balaban J connectivity index is 0.000000224. The molecule has 2 rings (SSSR count). The number of nitrogens with zero attached hydrogens (tertiary/aromatic N) is 2. The molecule has 5 N–H and O–H groups in total. The Hall–Kier alpha value is -2.84. The van der Waals surface area contributed by atoms with Crippen LogP contribution in [0.15, 0.2) is 30.7 Å². The number of hydrogen-bond donors (Lipinski definition) is 4. The molecule has 0 aliphatic heterocycles. The lowest BCUT2D eigenvalue weighted by molar-refractivity contribution is 0.0953. The molecule has 0 spiro atoms. The van der Waals surface area contributed by atoms with E-state index in [1.54, 1.807) is 19.1 Å². The second-order valence-electron chi connectivity index (χ2n) is 4.12. The first-order chi connectivity index (χ1) is 10.5. The van der Waals surface area contributed by atoms with E-state index in [1.165, 1.54) is 18.6 Å². The molecule has 0 bridgehead atoms. The molecule has 2 aromatic heterocycles. The molecule has 0 atom stereocenters. The van der Waals surface area contributed by atoms with Gasteiger partial charge in [0, 0.05) is 29.7 Å². The van der Waals surface area contributed by atoms with Crippen LogP contribution in [0.5, 0.6) is 5.75 Å². The minimum absolute atomic E-state index is 0.116. The molecular formula is C14H16N4O4. The van der Waals surface area contributed by atoms with Crippen LogP contribution in [0.3, 0.4) is 0 Å². The highest BCUT2D eigenvalue weighted by Gasteiger charge is 2.09. The molecule has 0 unspecified atom stereocenters. The van der Waals surface area contributed by atoms with Gasteiger partial charge in [-0.1, -0.05) is 0 Å². The number of hydrazine groups is 1. The summed E-state index contributed by atoms with van der Waals surface area (Å²) in [4.78, 5) is 28.7. The third kappa shape index (κ3) is 4.33. The molecule has 0 saturated carbocycles. The van der Waals surface area contributed by atoms with Crippen LogP contribution in [0.2, 0.25) is 0 Å². The van der Waals surface area contributed by atoms with Crippen LogP contribution in [0.4, 0.5) is 0 Å². The van der Waals surface area contributed by atoms with Crippen LogP contribution < -0.4 is 11.3 Å². The number of carbonyl (C=O) groups is 2. The Morgan fingerprint density at radius 3 is 2.55 bits per heavy atom. The second-order valence-corrected chi connectivity index (χ2v) is 4.12. The first-order valence-electron chi connectivity index (χ1n) is 6.19. The number of nitrogens with two attached hydrogens (primary N) is 1. The molecule has 2 aromatic rings. The van der Waals surface area contributed by atoms with E-state index in [2.05, 4.69) is 9.97 Å². The van der Waals surface area contributed by atoms with Crippen molar-refractivity contribution < 1.29 is 19.8 Å². The number of aldehydes is 1. The van der Waals surface area contributed by atoms with E-state index < -0.39 is 0 Å². The van der Waals surface area contributed by atoms with Crippen LogP contribution in [0, 0.1) is 6.92 Å². The van der Waals surface area contributed by atoms with Crippen molar-refractivity contribution in [3.63, 3.8) is 0 Å². The SMILES string of the molecule is Cc1ncc(CO)c(C=O)c1O.NNC(=O)c1ccncc1. The molecule has 0 fully saturated rings. The zero-order valence-corrected chi connectivity index (χ0v) is 11.9. The molecule has 0 aliphatic carbocycles. The highest BCUT2D eigenvalue weighted by Crippen LogP contribution is 2.21. The predicted molar refractivity (Wildman–Crippen MR) is 77.8 cm³/mol. The standard InChI is InChI=1S/C8H9NO3.C6H7N3O/c1-5-8(12)7(4-11)6(3-10)2-9-5;7-9-6(10)5-1-3-8-4-2-5/h2,4,10,12H,3H2,1H3;1-4H,7H2,(H,9,10). The number of nitrogens with one attached hydrogen (secondary N) is 1. The van der Waals surface area contributed by atoms with Crippen molar-refractivity contribution >= 4 is 12.2 Å². The Morgan fingerprint density at radius 2 is 2.05 bits per heavy atom. The van der Waals surface area contributed by atoms with Gasteiger partial charge in [-0.05, 0) is 19.1 Å². The molecule has 8 nitrogen and oxygen atoms in total. The van der Waals surface area contributed by atoms with E-state index in [0.29, 0.717) is 23.1 Å². The summed E-state index contributed by atoms with van der Waals surface area (Å²) in [5, 5.41) is 18.1. The first-order valence-corrected chi connectivity index (χ1v) is 6.19. The van der Waals surface area contributed by atoms with Crippen LogP contribution in [-0.2, 0) is 6.61 Å². The third-order valence-electron chi connectivity index (χ3n) is 2.72. The minimum Gasteiger partial charge on any atom is -0.505 e. The molecule has 22 heavy (non-hydrogen) atoms. The smallest absolute Gasteiger partial charge is 0.265 e. The van der Waals surface area contributed by atoms with Gasteiger partial charge in [-0.2, -0.15) is 0 Å². The van der Waals surface area contributed by atoms with Gasteiger partial charge < -0.3 is 10.2 Å². The maximum absolute atomic E-state index is 10.7. The lowest BCUT2D eigenvalue weighted by atomic mass is 10.1. The topological polar surface area (TPSA) is 138 Å². The van der Waals surface area contributed by atoms with E-state index >= 15 is 0 Å². The molecule has 0 aliphatic rings. The largest absolute Gasteiger partial charge is 0.505 e. The zero-order valence-electron chi connectivity index (χ0n) is 11.9. The third-order valence-corrected chi connectivity index (χ3v) is 2.72. The highest BCUT2D eigenvalue weighted by atomic mass is 16.3. The predicted octanol–water partition coefficient (Wildman–Crippen LogP) is 0.0855. The Bertz CT molecular complexity index is 647. The summed E-state index contributed by atoms with van der Waals surface area (Å²) in [7, 11) is 0. The quantitative estimate of drug-likeness (QED) is 0.273. The lowest BCUT2D eigenvalue weighted by Crippen LogP contribution is -2.29. The van der Waals surface area contributed by atoms with Crippen LogP contribution in [-0.4, -0.2) is 32.4 Å². The summed E-state index contributed by atoms with van der Waals surface area (Å²) in [6.07, 6.45) is 4.95. The lowest BCUT2D eigenvalue weighted by Gasteiger charge is -2.04. The molecule has 116 valence electrons. The number of aryl methyl sites for hydroxylation is 1. The number of amides is 1. The van der Waals surface area contributed by atoms with Crippen molar-refractivity contribution in [3.8, 4) is 5.75 Å². The molecule has 1 amide bonds. The summed E-state index contributed by atoms with van der Waals surface area (Å²) in [5.41, 5.74) is 3.37. The van der Waals surface area contributed by atoms with Gasteiger partial charge in [-0.3, -0.25) is 25.0 Å². The summed E-state index contributed by atoms with van der Waals surface area (Å²) in [5.74, 6) is 4.42. The maximum Gasteiger partial charge on any atom is 0.265 e. The Labute approximate surface area is 126 Å². The van der Waals surface area contributed by atoms with Crippen molar-refractivity contribution in [1.29, 1.82) is 0 Å². The molecule has 0 aromatic carbocycles. The van der Waals surface area contributed by atoms with Crippen molar-refractivity contribution in [3.05, 3.63) is 53.1 Å². The molecule has 8 heteroatoms. The van der Waals surface area contributed by atoms with E-state index in [9.17, 15) is 14.7 Å². The molecular weight excluding hydrogens is 288 g/mol. The maximum atomic E-state index is 10.7. The number of pyridine rings is 2. The number of carbonyl (C=O) groups excluding carboxylic acids is 2. The number of aromatic nitrogens is 2. The van der Waals surface area contributed by atoms with Gasteiger partial charge in [-0.25, -0.2) is 5.84 Å². The fourth-order valence-electron chi connectivity index (χ4n) is 1.50. The molecule has 0 radical (unpaired) electrons. The van der Waals surface area contributed by atoms with Gasteiger partial charge >= 0.3 is 0 Å². The van der Waals surface area contributed by atoms with Crippen LogP contribution in [0.1, 0.15) is 32.0 Å². The van der Waals surface area contributed by atoms with E-state index in [4.69, 9.17) is 10.9 Å². The number of aliphatic hydroxyl groups excluding tert-OH is 1. The summed E-state index contributed by atoms with van der Waals surface area (Å²) < 4.78 is 0. The van der Waals surface area contributed by atoms with Gasteiger partial charge in [-0.15, -0.1) is 0 Å². The number of aliphatic hydroxyl groups is 1. The van der Waals surface area contributed by atoms with Gasteiger partial charge in [0.25, 0.3) is 5.91 Å². The average molecular weight is 304 g/mol. The zero-order chi connectivity index (χ0) is 16.5. The summed E-state index contributed by atoms with van der Waals surface area (Å²) in [6.45, 7) is 1.29. The highest BCUT2D eigenvalue weighted by molar-refractivity contribution is 5.93. The number of aromatic hydroxyl groups is 1. The van der Waals surface area contributed by atoms with Gasteiger partial charge in [0.1, 0.15) is 5.75 Å². The summed E-state index contributed by atoms with van der Waals surface area (Å²) in [6, 6.07) is 3.17. The van der Waals surface area contributed by atoms with Gasteiger partial charge in [0.2, 0.25) is 0 Å². The second kappa shape index (κ2) is 8.45. The van der Waals surface area contributed by atoms with Gasteiger partial charge in [0.05, 0.1) is 17.9 Å². The van der Waals surface area contributed by atoms with Crippen molar-refractivity contribution in [1.82, 2.24) is 15.4 Å². The van der Waals surface area contributed by atoms with E-state index in [0.717, 1.165) is 0 Å². The normalized spacial score (nSPS) is 9.41. The van der Waals surface area contributed by atoms with Crippen molar-refractivity contribution in [2.45, 2.75) is 13.5 Å². The van der Waals surface area contributed by atoms with Crippen molar-refractivity contribution in [2.75, 3.05) is 0 Å². The number of rotatable bonds is 3. The Kier molecular flexibility index (Phi) is 6.61. The summed E-state index contributed by atoms with van der Waals surface area (Å²) >= 11 is 0. The molecule has 2 heterocycles. The first kappa shape index (κ1) is 17.2. The fourth-order valence-corrected chi connectivity index (χ4v) is 1.50. The van der Waals surface area contributed by atoms with Crippen LogP contribution in [0.25, 0.3) is 0 Å². The fraction of sp³-hybridized carbons (Fsp3) is 0.143.